The van der Waals surface area contributed by atoms with Crippen LogP contribution in [0.2, 0.25) is 0 Å². The summed E-state index contributed by atoms with van der Waals surface area (Å²) in [7, 11) is -2.01. The molecule has 0 radical (unpaired) electrons. The second-order valence-corrected chi connectivity index (χ2v) is 7.79. The van der Waals surface area contributed by atoms with E-state index in [1.807, 2.05) is 13.0 Å². The van der Waals surface area contributed by atoms with Crippen molar-refractivity contribution in [1.82, 2.24) is 4.72 Å². The lowest BCUT2D eigenvalue weighted by Gasteiger charge is -2.16. The fourth-order valence-corrected chi connectivity index (χ4v) is 3.09. The van der Waals surface area contributed by atoms with E-state index >= 15 is 0 Å². The van der Waals surface area contributed by atoms with E-state index < -0.39 is 10.0 Å². The third kappa shape index (κ3) is 4.18. The van der Waals surface area contributed by atoms with Gasteiger partial charge in [-0.1, -0.05) is 18.2 Å². The lowest BCUT2D eigenvalue weighted by molar-refractivity contribution is 0.588. The molecule has 0 heterocycles. The molecule has 0 aliphatic rings. The van der Waals surface area contributed by atoms with Gasteiger partial charge in [0.15, 0.2) is 0 Å². The van der Waals surface area contributed by atoms with E-state index in [0.717, 1.165) is 11.3 Å². The van der Waals surface area contributed by atoms with Crippen molar-refractivity contribution >= 4 is 38.3 Å². The van der Waals surface area contributed by atoms with E-state index in [0.29, 0.717) is 0 Å². The molecule has 0 aliphatic carbocycles. The molecule has 2 aromatic carbocycles. The van der Waals surface area contributed by atoms with Crippen LogP contribution < -0.4 is 10.0 Å². The molecule has 21 heavy (non-hydrogen) atoms. The molecule has 2 aromatic rings. The molecule has 112 valence electrons. The summed E-state index contributed by atoms with van der Waals surface area (Å²) >= 11 is 2.27. The van der Waals surface area contributed by atoms with Gasteiger partial charge in [-0.2, -0.15) is 0 Å². The van der Waals surface area contributed by atoms with Crippen molar-refractivity contribution < 1.29 is 8.42 Å². The third-order valence-corrected chi connectivity index (χ3v) is 5.30. The number of sulfonamides is 1. The van der Waals surface area contributed by atoms with Crippen LogP contribution in [0.4, 0.5) is 5.69 Å². The molecule has 1 atom stereocenters. The van der Waals surface area contributed by atoms with Gasteiger partial charge in [-0.25, -0.2) is 13.1 Å². The number of anilines is 1. The Hall–Kier alpha value is -1.12. The number of halogens is 1. The second-order valence-electron chi connectivity index (χ2n) is 4.65. The van der Waals surface area contributed by atoms with Crippen LogP contribution in [0.15, 0.2) is 53.4 Å². The molecule has 0 amide bonds. The highest BCUT2D eigenvalue weighted by atomic mass is 127. The lowest BCUT2D eigenvalue weighted by Crippen LogP contribution is -2.18. The Balaban J connectivity index is 2.20. The Morgan fingerprint density at radius 3 is 2.38 bits per heavy atom. The molecule has 6 heteroatoms. The summed E-state index contributed by atoms with van der Waals surface area (Å²) in [6.07, 6.45) is 0. The Kier molecular flexibility index (Phi) is 5.23. The van der Waals surface area contributed by atoms with Gasteiger partial charge in [0.05, 0.1) is 4.90 Å². The molecule has 1 unspecified atom stereocenters. The van der Waals surface area contributed by atoms with Crippen LogP contribution in [-0.4, -0.2) is 15.5 Å². The molecular weight excluding hydrogens is 399 g/mol. The number of benzene rings is 2. The third-order valence-electron chi connectivity index (χ3n) is 3.17. The van der Waals surface area contributed by atoms with Crippen LogP contribution in [0.5, 0.6) is 0 Å². The topological polar surface area (TPSA) is 58.2 Å². The monoisotopic (exact) mass is 416 g/mol. The van der Waals surface area contributed by atoms with Crippen LogP contribution >= 0.6 is 22.6 Å². The zero-order valence-electron chi connectivity index (χ0n) is 11.8. The number of nitrogens with one attached hydrogen (secondary N) is 2. The van der Waals surface area contributed by atoms with Gasteiger partial charge in [0.2, 0.25) is 10.0 Å². The minimum atomic E-state index is -3.42. The molecule has 2 rings (SSSR count). The Morgan fingerprint density at radius 2 is 1.76 bits per heavy atom. The molecular formula is C15H17IN2O2S. The fraction of sp³-hybridized carbons (Fsp3) is 0.200. The fourth-order valence-electron chi connectivity index (χ4n) is 1.96. The molecule has 4 nitrogen and oxygen atoms in total. The number of hydrogen-bond acceptors (Lipinski definition) is 3. The summed E-state index contributed by atoms with van der Waals surface area (Å²) in [5.41, 5.74) is 1.93. The van der Waals surface area contributed by atoms with Gasteiger partial charge in [0.1, 0.15) is 0 Å². The normalized spacial score (nSPS) is 12.9. The second kappa shape index (κ2) is 6.76. The number of hydrogen-bond donors (Lipinski definition) is 2. The average Bonchev–Trinajstić information content (AvgIpc) is 2.48. The summed E-state index contributed by atoms with van der Waals surface area (Å²) in [5.74, 6) is 0. The maximum Gasteiger partial charge on any atom is 0.240 e. The van der Waals surface area contributed by atoms with Crippen molar-refractivity contribution in [3.63, 3.8) is 0 Å². The minimum absolute atomic E-state index is 0.0922. The SMILES string of the molecule is CNS(=O)(=O)c1cccc(NC(C)c2ccc(I)cc2)c1. The average molecular weight is 416 g/mol. The molecule has 0 saturated carbocycles. The predicted molar refractivity (Wildman–Crippen MR) is 93.9 cm³/mol. The Bertz CT molecular complexity index is 715. The van der Waals surface area contributed by atoms with Gasteiger partial charge in [-0.3, -0.25) is 0 Å². The molecule has 0 spiro atoms. The smallest absolute Gasteiger partial charge is 0.240 e. The minimum Gasteiger partial charge on any atom is -0.378 e. The van der Waals surface area contributed by atoms with Crippen LogP contribution in [0.1, 0.15) is 18.5 Å². The summed E-state index contributed by atoms with van der Waals surface area (Å²) in [6, 6.07) is 15.1. The van der Waals surface area contributed by atoms with E-state index in [9.17, 15) is 8.42 Å². The van der Waals surface area contributed by atoms with Crippen molar-refractivity contribution in [3.05, 3.63) is 57.7 Å². The van der Waals surface area contributed by atoms with Crippen LogP contribution in [0, 0.1) is 3.57 Å². The van der Waals surface area contributed by atoms with Crippen LogP contribution in [0.3, 0.4) is 0 Å². The molecule has 0 aliphatic heterocycles. The van der Waals surface area contributed by atoms with Gasteiger partial charge in [0.25, 0.3) is 0 Å². The van der Waals surface area contributed by atoms with Crippen LogP contribution in [0.25, 0.3) is 0 Å². The van der Waals surface area contributed by atoms with Crippen LogP contribution in [-0.2, 0) is 10.0 Å². The Labute approximate surface area is 139 Å². The largest absolute Gasteiger partial charge is 0.378 e. The molecule has 0 fully saturated rings. The maximum atomic E-state index is 11.8. The van der Waals surface area contributed by atoms with Gasteiger partial charge in [-0.15, -0.1) is 0 Å². The summed E-state index contributed by atoms with van der Waals surface area (Å²) in [6.45, 7) is 2.04. The standard InChI is InChI=1S/C15H17IN2O2S/c1-11(12-6-8-13(16)9-7-12)18-14-4-3-5-15(10-14)21(19,20)17-2/h3-11,17-18H,1-2H3. The van der Waals surface area contributed by atoms with Crippen molar-refractivity contribution in [2.75, 3.05) is 12.4 Å². The van der Waals surface area contributed by atoms with Crippen molar-refractivity contribution in [1.29, 1.82) is 0 Å². The maximum absolute atomic E-state index is 11.8. The Morgan fingerprint density at radius 1 is 1.10 bits per heavy atom. The van der Waals surface area contributed by atoms with E-state index in [4.69, 9.17) is 0 Å². The van der Waals surface area contributed by atoms with Crippen molar-refractivity contribution in [2.24, 2.45) is 0 Å². The van der Waals surface area contributed by atoms with Gasteiger partial charge in [0, 0.05) is 15.3 Å². The first-order chi connectivity index (χ1) is 9.92. The highest BCUT2D eigenvalue weighted by Crippen LogP contribution is 2.22. The molecule has 0 saturated heterocycles. The highest BCUT2D eigenvalue weighted by Gasteiger charge is 2.12. The lowest BCUT2D eigenvalue weighted by atomic mass is 10.1. The van der Waals surface area contributed by atoms with E-state index in [2.05, 4.69) is 56.9 Å². The van der Waals surface area contributed by atoms with Gasteiger partial charge < -0.3 is 5.32 Å². The number of rotatable bonds is 5. The molecule has 0 bridgehead atoms. The predicted octanol–water partition coefficient (Wildman–Crippen LogP) is 3.37. The van der Waals surface area contributed by atoms with E-state index in [-0.39, 0.29) is 10.9 Å². The molecule has 2 N–H and O–H groups in total. The first-order valence-corrected chi connectivity index (χ1v) is 9.04. The zero-order chi connectivity index (χ0) is 15.5. The van der Waals surface area contributed by atoms with Crippen molar-refractivity contribution in [3.8, 4) is 0 Å². The van der Waals surface area contributed by atoms with Crippen molar-refractivity contribution in [2.45, 2.75) is 17.9 Å². The first kappa shape index (κ1) is 16.3. The molecule has 0 aromatic heterocycles. The summed E-state index contributed by atoms with van der Waals surface area (Å²) in [4.78, 5) is 0.254. The van der Waals surface area contributed by atoms with E-state index in [1.54, 1.807) is 18.2 Å². The zero-order valence-corrected chi connectivity index (χ0v) is 14.8. The highest BCUT2D eigenvalue weighted by molar-refractivity contribution is 14.1. The first-order valence-electron chi connectivity index (χ1n) is 6.48. The summed E-state index contributed by atoms with van der Waals surface area (Å²) in [5, 5.41) is 3.32. The van der Waals surface area contributed by atoms with Gasteiger partial charge >= 0.3 is 0 Å². The quantitative estimate of drug-likeness (QED) is 0.735. The van der Waals surface area contributed by atoms with E-state index in [1.165, 1.54) is 10.6 Å². The van der Waals surface area contributed by atoms with Gasteiger partial charge in [-0.05, 0) is 72.5 Å². The summed E-state index contributed by atoms with van der Waals surface area (Å²) < 4.78 is 27.1.